The van der Waals surface area contributed by atoms with Gasteiger partial charge in [0, 0.05) is 17.8 Å². The lowest BCUT2D eigenvalue weighted by Crippen LogP contribution is -2.26. The molecule has 1 fully saturated rings. The smallest absolute Gasteiger partial charge is 0.269 e. The third kappa shape index (κ3) is 1.02. The molecule has 100 valence electrons. The average molecular weight is 260 g/mol. The Morgan fingerprint density at radius 1 is 1.16 bits per heavy atom. The van der Waals surface area contributed by atoms with Gasteiger partial charge in [-0.2, -0.15) is 0 Å². The first-order valence-electron chi connectivity index (χ1n) is 6.28. The van der Waals surface area contributed by atoms with Crippen molar-refractivity contribution in [2.45, 2.75) is 33.1 Å². The molecule has 3 rings (SSSR count). The summed E-state index contributed by atoms with van der Waals surface area (Å²) < 4.78 is 0. The number of hydrogen-bond acceptors (Lipinski definition) is 3. The molecule has 5 heteroatoms. The summed E-state index contributed by atoms with van der Waals surface area (Å²) in [5.74, 6) is -0.0435. The van der Waals surface area contributed by atoms with E-state index < -0.39 is 10.3 Å². The highest BCUT2D eigenvalue weighted by atomic mass is 16.6. The van der Waals surface area contributed by atoms with Crippen LogP contribution in [0, 0.1) is 20.9 Å². The van der Waals surface area contributed by atoms with Gasteiger partial charge in [0.25, 0.3) is 5.69 Å². The van der Waals surface area contributed by atoms with E-state index in [9.17, 15) is 14.9 Å². The third-order valence-electron chi connectivity index (χ3n) is 5.58. The van der Waals surface area contributed by atoms with Crippen molar-refractivity contribution in [3.63, 3.8) is 0 Å². The van der Waals surface area contributed by atoms with Crippen molar-refractivity contribution in [2.75, 3.05) is 5.32 Å². The quantitative estimate of drug-likeness (QED) is 0.623. The molecule has 1 amide bonds. The first-order valence-corrected chi connectivity index (χ1v) is 6.28. The van der Waals surface area contributed by atoms with Gasteiger partial charge in [0.05, 0.1) is 10.3 Å². The van der Waals surface area contributed by atoms with Gasteiger partial charge < -0.3 is 5.32 Å². The maximum atomic E-state index is 12.4. The summed E-state index contributed by atoms with van der Waals surface area (Å²) in [4.78, 5) is 23.0. The van der Waals surface area contributed by atoms with Crippen molar-refractivity contribution in [1.29, 1.82) is 0 Å². The zero-order valence-electron chi connectivity index (χ0n) is 11.4. The molecule has 1 saturated carbocycles. The lowest BCUT2D eigenvalue weighted by atomic mass is 9.87. The topological polar surface area (TPSA) is 72.2 Å². The Labute approximate surface area is 111 Å². The fourth-order valence-corrected chi connectivity index (χ4v) is 3.96. The number of benzene rings is 1. The molecule has 1 aromatic rings. The van der Waals surface area contributed by atoms with Crippen LogP contribution < -0.4 is 5.32 Å². The third-order valence-corrected chi connectivity index (χ3v) is 5.58. The highest BCUT2D eigenvalue weighted by Gasteiger charge is 2.83. The van der Waals surface area contributed by atoms with Gasteiger partial charge in [-0.05, 0) is 22.5 Å². The number of carbonyl (C=O) groups is 1. The minimum absolute atomic E-state index is 0.0353. The van der Waals surface area contributed by atoms with Gasteiger partial charge in [0.1, 0.15) is 0 Å². The molecule has 5 nitrogen and oxygen atoms in total. The molecule has 1 aliphatic carbocycles. The van der Waals surface area contributed by atoms with E-state index in [-0.39, 0.29) is 22.4 Å². The first kappa shape index (κ1) is 12.1. The number of nitro groups is 1. The Bertz CT molecular complexity index is 618. The number of nitrogens with one attached hydrogen (secondary N) is 1. The maximum Gasteiger partial charge on any atom is 0.269 e. The average Bonchev–Trinajstić information content (AvgIpc) is 2.56. The summed E-state index contributed by atoms with van der Waals surface area (Å²) in [5.41, 5.74) is 0.417. The van der Waals surface area contributed by atoms with E-state index in [0.717, 1.165) is 5.56 Å². The van der Waals surface area contributed by atoms with Crippen LogP contribution in [0.1, 0.15) is 33.3 Å². The van der Waals surface area contributed by atoms with Crippen molar-refractivity contribution in [2.24, 2.45) is 10.8 Å². The Morgan fingerprint density at radius 3 is 2.21 bits per heavy atom. The van der Waals surface area contributed by atoms with Gasteiger partial charge in [-0.3, -0.25) is 14.9 Å². The van der Waals surface area contributed by atoms with Crippen LogP contribution in [0.15, 0.2) is 18.2 Å². The second-order valence-corrected chi connectivity index (χ2v) is 6.44. The van der Waals surface area contributed by atoms with Crippen LogP contribution in [0.2, 0.25) is 0 Å². The zero-order valence-corrected chi connectivity index (χ0v) is 11.4. The standard InChI is InChI=1S/C14H16N2O3/c1-12(2)13(3,4)14(12)9-7-8(16(18)19)5-6-10(9)15-11(14)17/h5-7H,1-4H3,(H,15,17). The number of fused-ring (bicyclic) bond motifs is 2. The number of amides is 1. The van der Waals surface area contributed by atoms with E-state index in [0.29, 0.717) is 5.69 Å². The van der Waals surface area contributed by atoms with Gasteiger partial charge >= 0.3 is 0 Å². The summed E-state index contributed by atoms with van der Waals surface area (Å²) in [7, 11) is 0. The van der Waals surface area contributed by atoms with Crippen molar-refractivity contribution in [1.82, 2.24) is 0 Å². The number of non-ortho nitro benzene ring substituents is 1. The molecule has 0 radical (unpaired) electrons. The van der Waals surface area contributed by atoms with Gasteiger partial charge in [0.2, 0.25) is 5.91 Å². The van der Waals surface area contributed by atoms with Gasteiger partial charge in [-0.1, -0.05) is 27.7 Å². The summed E-state index contributed by atoms with van der Waals surface area (Å²) in [5, 5.41) is 13.8. The number of carbonyl (C=O) groups excluding carboxylic acids is 1. The minimum Gasteiger partial charge on any atom is -0.325 e. The van der Waals surface area contributed by atoms with Gasteiger partial charge in [0.15, 0.2) is 0 Å². The minimum atomic E-state index is -0.651. The Morgan fingerprint density at radius 2 is 1.74 bits per heavy atom. The fourth-order valence-electron chi connectivity index (χ4n) is 3.96. The SMILES string of the molecule is CC1(C)C(C)(C)C12C(=O)Nc1ccc([N+](=O)[O-])cc12. The Hall–Kier alpha value is -1.91. The second-order valence-electron chi connectivity index (χ2n) is 6.44. The molecule has 1 aromatic carbocycles. The maximum absolute atomic E-state index is 12.4. The largest absolute Gasteiger partial charge is 0.325 e. The number of hydrogen-bond donors (Lipinski definition) is 1. The first-order chi connectivity index (χ1) is 8.68. The van der Waals surface area contributed by atoms with Crippen molar-refractivity contribution in [3.05, 3.63) is 33.9 Å². The van der Waals surface area contributed by atoms with Crippen molar-refractivity contribution < 1.29 is 9.72 Å². The molecule has 1 heterocycles. The number of nitro benzene ring substituents is 1. The number of rotatable bonds is 1. The molecule has 1 spiro atoms. The molecule has 2 aliphatic rings. The molecule has 0 atom stereocenters. The summed E-state index contributed by atoms with van der Waals surface area (Å²) >= 11 is 0. The Kier molecular flexibility index (Phi) is 1.90. The van der Waals surface area contributed by atoms with E-state index in [1.54, 1.807) is 12.1 Å². The monoisotopic (exact) mass is 260 g/mol. The molecule has 1 N–H and O–H groups in total. The predicted octanol–water partition coefficient (Wildman–Crippen LogP) is 2.85. The molecule has 0 saturated heterocycles. The summed E-state index contributed by atoms with van der Waals surface area (Å²) in [6.07, 6.45) is 0. The molecule has 19 heavy (non-hydrogen) atoms. The Balaban J connectivity index is 2.26. The van der Waals surface area contributed by atoms with E-state index in [4.69, 9.17) is 0 Å². The van der Waals surface area contributed by atoms with Crippen LogP contribution in [-0.2, 0) is 10.2 Å². The highest BCUT2D eigenvalue weighted by Crippen LogP contribution is 2.80. The second kappa shape index (κ2) is 2.98. The highest BCUT2D eigenvalue weighted by molar-refractivity contribution is 6.11. The molecule has 0 bridgehead atoms. The van der Waals surface area contributed by atoms with E-state index in [1.165, 1.54) is 6.07 Å². The predicted molar refractivity (Wildman–Crippen MR) is 71.0 cm³/mol. The van der Waals surface area contributed by atoms with Crippen LogP contribution in [0.25, 0.3) is 0 Å². The van der Waals surface area contributed by atoms with Crippen LogP contribution in [0.3, 0.4) is 0 Å². The fraction of sp³-hybridized carbons (Fsp3) is 0.500. The van der Waals surface area contributed by atoms with Crippen LogP contribution in [-0.4, -0.2) is 10.8 Å². The van der Waals surface area contributed by atoms with Crippen molar-refractivity contribution in [3.8, 4) is 0 Å². The summed E-state index contributed by atoms with van der Waals surface area (Å²) in [6, 6.07) is 4.61. The molecule has 0 unspecified atom stereocenters. The zero-order chi connectivity index (χ0) is 14.2. The van der Waals surface area contributed by atoms with E-state index in [2.05, 4.69) is 5.32 Å². The normalized spacial score (nSPS) is 23.9. The molecular formula is C14H16N2O3. The lowest BCUT2D eigenvalue weighted by Gasteiger charge is -2.12. The van der Waals surface area contributed by atoms with Crippen LogP contribution in [0.4, 0.5) is 11.4 Å². The lowest BCUT2D eigenvalue weighted by molar-refractivity contribution is -0.384. The van der Waals surface area contributed by atoms with Crippen molar-refractivity contribution >= 4 is 17.3 Å². The summed E-state index contributed by atoms with van der Waals surface area (Å²) in [6.45, 7) is 8.17. The van der Waals surface area contributed by atoms with Gasteiger partial charge in [-0.15, -0.1) is 0 Å². The molecule has 0 aromatic heterocycles. The van der Waals surface area contributed by atoms with E-state index in [1.807, 2.05) is 27.7 Å². The van der Waals surface area contributed by atoms with Crippen LogP contribution in [0.5, 0.6) is 0 Å². The number of anilines is 1. The number of nitrogens with zero attached hydrogens (tertiary/aromatic N) is 1. The van der Waals surface area contributed by atoms with E-state index >= 15 is 0 Å². The molecular weight excluding hydrogens is 244 g/mol. The molecule has 1 aliphatic heterocycles. The van der Waals surface area contributed by atoms with Gasteiger partial charge in [-0.25, -0.2) is 0 Å². The van der Waals surface area contributed by atoms with Crippen LogP contribution >= 0.6 is 0 Å².